The van der Waals surface area contributed by atoms with Crippen LogP contribution in [0.4, 0.5) is 4.39 Å². The van der Waals surface area contributed by atoms with Crippen LogP contribution in [0.1, 0.15) is 67.2 Å². The molecule has 32 heavy (non-hydrogen) atoms. The molecule has 0 bridgehead atoms. The van der Waals surface area contributed by atoms with E-state index in [9.17, 15) is 18.8 Å². The minimum absolute atomic E-state index is 0.0724. The molecule has 7 heteroatoms. The van der Waals surface area contributed by atoms with Gasteiger partial charge in [0, 0.05) is 11.6 Å². The van der Waals surface area contributed by atoms with Crippen LogP contribution in [0.25, 0.3) is 0 Å². The molecule has 2 atom stereocenters. The van der Waals surface area contributed by atoms with Crippen molar-refractivity contribution in [2.75, 3.05) is 6.54 Å². The van der Waals surface area contributed by atoms with E-state index in [2.05, 4.69) is 10.6 Å². The molecule has 2 aliphatic rings. The minimum Gasteiger partial charge on any atom is -0.347 e. The fourth-order valence-electron chi connectivity index (χ4n) is 4.26. The van der Waals surface area contributed by atoms with E-state index < -0.39 is 6.04 Å². The Morgan fingerprint density at radius 1 is 1.09 bits per heavy atom. The van der Waals surface area contributed by atoms with E-state index in [0.717, 1.165) is 18.4 Å². The zero-order valence-corrected chi connectivity index (χ0v) is 18.5. The average Bonchev–Trinajstić information content (AvgIpc) is 3.54. The number of fused-ring (bicyclic) bond motifs is 1. The predicted octanol–water partition coefficient (Wildman–Crippen LogP) is 3.50. The molecule has 4 rings (SSSR count). The van der Waals surface area contributed by atoms with Gasteiger partial charge >= 0.3 is 0 Å². The lowest BCUT2D eigenvalue weighted by Crippen LogP contribution is -2.45. The first-order valence-corrected chi connectivity index (χ1v) is 10.9. The standard InChI is InChI=1S/C25H28FN3O3/c1-25(2,3)22(15-8-10-16(26)11-9-15)28-20(30)14-27-23(31)21-18-6-4-5-7-19(18)24(32)29(21)17-12-13-17/h4-11,17,21-22H,12-14H2,1-3H3,(H,27,31)(H,28,30). The Kier molecular flexibility index (Phi) is 5.75. The highest BCUT2D eigenvalue weighted by Gasteiger charge is 2.47. The summed E-state index contributed by atoms with van der Waals surface area (Å²) in [6, 6.07) is 12.2. The van der Waals surface area contributed by atoms with Gasteiger partial charge in [0.2, 0.25) is 11.8 Å². The summed E-state index contributed by atoms with van der Waals surface area (Å²) in [5.41, 5.74) is 1.69. The number of hydrogen-bond donors (Lipinski definition) is 2. The number of nitrogens with zero attached hydrogens (tertiary/aromatic N) is 1. The molecule has 168 valence electrons. The highest BCUT2D eigenvalue weighted by Crippen LogP contribution is 2.41. The minimum atomic E-state index is -0.713. The monoisotopic (exact) mass is 437 g/mol. The number of carbonyl (C=O) groups excluding carboxylic acids is 3. The lowest BCUT2D eigenvalue weighted by Gasteiger charge is -2.32. The van der Waals surface area contributed by atoms with E-state index in [0.29, 0.717) is 11.1 Å². The summed E-state index contributed by atoms with van der Waals surface area (Å²) >= 11 is 0. The molecule has 2 unspecified atom stereocenters. The van der Waals surface area contributed by atoms with Crippen LogP contribution in [0.5, 0.6) is 0 Å². The van der Waals surface area contributed by atoms with Crippen LogP contribution in [-0.4, -0.2) is 35.2 Å². The second kappa shape index (κ2) is 8.37. The van der Waals surface area contributed by atoms with E-state index in [-0.39, 0.29) is 47.6 Å². The number of carbonyl (C=O) groups is 3. The lowest BCUT2D eigenvalue weighted by molar-refractivity contribution is -0.129. The number of nitrogens with one attached hydrogen (secondary N) is 2. The summed E-state index contributed by atoms with van der Waals surface area (Å²) in [6.45, 7) is 5.73. The third kappa shape index (κ3) is 4.38. The van der Waals surface area contributed by atoms with E-state index >= 15 is 0 Å². The van der Waals surface area contributed by atoms with Gasteiger partial charge in [-0.05, 0) is 47.6 Å². The second-order valence-corrected chi connectivity index (χ2v) is 9.57. The van der Waals surface area contributed by atoms with Gasteiger partial charge in [0.25, 0.3) is 5.91 Å². The Morgan fingerprint density at radius 3 is 2.38 bits per heavy atom. The van der Waals surface area contributed by atoms with Crippen LogP contribution in [-0.2, 0) is 9.59 Å². The van der Waals surface area contributed by atoms with Gasteiger partial charge in [0.1, 0.15) is 11.9 Å². The molecule has 0 radical (unpaired) electrons. The molecule has 1 saturated carbocycles. The quantitative estimate of drug-likeness (QED) is 0.726. The number of amides is 3. The Balaban J connectivity index is 1.44. The van der Waals surface area contributed by atoms with E-state index in [4.69, 9.17) is 0 Å². The molecule has 0 spiro atoms. The predicted molar refractivity (Wildman–Crippen MR) is 118 cm³/mol. The molecular formula is C25H28FN3O3. The zero-order valence-electron chi connectivity index (χ0n) is 18.5. The molecule has 1 aliphatic carbocycles. The first kappa shape index (κ1) is 22.0. The number of rotatable bonds is 6. The van der Waals surface area contributed by atoms with Crippen LogP contribution in [0.15, 0.2) is 48.5 Å². The molecule has 0 aromatic heterocycles. The Bertz CT molecular complexity index is 1040. The maximum atomic E-state index is 13.3. The third-order valence-electron chi connectivity index (χ3n) is 5.98. The van der Waals surface area contributed by atoms with Crippen LogP contribution in [0, 0.1) is 11.2 Å². The molecule has 2 N–H and O–H groups in total. The van der Waals surface area contributed by atoms with Gasteiger partial charge in [-0.3, -0.25) is 14.4 Å². The van der Waals surface area contributed by atoms with Crippen molar-refractivity contribution in [3.8, 4) is 0 Å². The van der Waals surface area contributed by atoms with E-state index in [1.807, 2.05) is 26.8 Å². The summed E-state index contributed by atoms with van der Waals surface area (Å²) in [5.74, 6) is -1.18. The Morgan fingerprint density at radius 2 is 1.75 bits per heavy atom. The van der Waals surface area contributed by atoms with Gasteiger partial charge in [-0.1, -0.05) is 51.1 Å². The topological polar surface area (TPSA) is 78.5 Å². The van der Waals surface area contributed by atoms with Gasteiger partial charge in [-0.25, -0.2) is 4.39 Å². The van der Waals surface area contributed by atoms with Crippen LogP contribution in [0.3, 0.4) is 0 Å². The number of halogens is 1. The van der Waals surface area contributed by atoms with Crippen LogP contribution in [0.2, 0.25) is 0 Å². The Labute approximate surface area is 187 Å². The summed E-state index contributed by atoms with van der Waals surface area (Å²) < 4.78 is 13.3. The molecule has 1 aliphatic heterocycles. The fourth-order valence-corrected chi connectivity index (χ4v) is 4.26. The van der Waals surface area contributed by atoms with Crippen molar-refractivity contribution in [1.29, 1.82) is 0 Å². The van der Waals surface area contributed by atoms with Crippen molar-refractivity contribution in [3.05, 3.63) is 71.0 Å². The van der Waals surface area contributed by atoms with Gasteiger partial charge in [-0.2, -0.15) is 0 Å². The number of benzene rings is 2. The van der Waals surface area contributed by atoms with Crippen molar-refractivity contribution in [1.82, 2.24) is 15.5 Å². The van der Waals surface area contributed by atoms with Gasteiger partial charge in [-0.15, -0.1) is 0 Å². The van der Waals surface area contributed by atoms with Crippen molar-refractivity contribution in [2.45, 2.75) is 51.7 Å². The molecule has 1 fully saturated rings. The SMILES string of the molecule is CC(C)(C)C(NC(=O)CNC(=O)C1c2ccccc2C(=O)N1C1CC1)c1ccc(F)cc1. The summed E-state index contributed by atoms with van der Waals surface area (Å²) in [4.78, 5) is 40.2. The molecular weight excluding hydrogens is 409 g/mol. The molecule has 3 amide bonds. The third-order valence-corrected chi connectivity index (χ3v) is 5.98. The number of hydrogen-bond acceptors (Lipinski definition) is 3. The van der Waals surface area contributed by atoms with Gasteiger partial charge in [0.05, 0.1) is 12.6 Å². The van der Waals surface area contributed by atoms with Crippen molar-refractivity contribution < 1.29 is 18.8 Å². The average molecular weight is 438 g/mol. The summed E-state index contributed by atoms with van der Waals surface area (Å²) in [6.07, 6.45) is 1.77. The summed E-state index contributed by atoms with van der Waals surface area (Å²) in [5, 5.41) is 5.67. The molecule has 2 aromatic carbocycles. The highest BCUT2D eigenvalue weighted by atomic mass is 19.1. The van der Waals surface area contributed by atoms with E-state index in [1.54, 1.807) is 35.2 Å². The van der Waals surface area contributed by atoms with Crippen molar-refractivity contribution in [2.24, 2.45) is 5.41 Å². The molecule has 1 heterocycles. The van der Waals surface area contributed by atoms with Crippen LogP contribution >= 0.6 is 0 Å². The maximum absolute atomic E-state index is 13.3. The molecule has 0 saturated heterocycles. The van der Waals surface area contributed by atoms with Crippen molar-refractivity contribution in [3.63, 3.8) is 0 Å². The first-order valence-electron chi connectivity index (χ1n) is 10.9. The fraction of sp³-hybridized carbons (Fsp3) is 0.400. The normalized spacial score (nSPS) is 18.8. The molecule has 2 aromatic rings. The Hall–Kier alpha value is -3.22. The molecule has 6 nitrogen and oxygen atoms in total. The highest BCUT2D eigenvalue weighted by molar-refractivity contribution is 6.05. The second-order valence-electron chi connectivity index (χ2n) is 9.57. The smallest absolute Gasteiger partial charge is 0.255 e. The zero-order chi connectivity index (χ0) is 23.0. The van der Waals surface area contributed by atoms with Gasteiger partial charge < -0.3 is 15.5 Å². The van der Waals surface area contributed by atoms with Gasteiger partial charge in [0.15, 0.2) is 0 Å². The largest absolute Gasteiger partial charge is 0.347 e. The summed E-state index contributed by atoms with van der Waals surface area (Å²) in [7, 11) is 0. The van der Waals surface area contributed by atoms with Crippen molar-refractivity contribution >= 4 is 17.7 Å². The first-order chi connectivity index (χ1) is 15.2. The maximum Gasteiger partial charge on any atom is 0.255 e. The van der Waals surface area contributed by atoms with Crippen LogP contribution < -0.4 is 10.6 Å². The van der Waals surface area contributed by atoms with E-state index in [1.165, 1.54) is 12.1 Å². The lowest BCUT2D eigenvalue weighted by atomic mass is 9.82.